The van der Waals surface area contributed by atoms with E-state index in [9.17, 15) is 4.39 Å². The van der Waals surface area contributed by atoms with Crippen LogP contribution in [0.3, 0.4) is 0 Å². The van der Waals surface area contributed by atoms with E-state index < -0.39 is 0 Å². The van der Waals surface area contributed by atoms with Crippen molar-refractivity contribution in [1.82, 2.24) is 0 Å². The third-order valence-electron chi connectivity index (χ3n) is 3.88. The van der Waals surface area contributed by atoms with Crippen molar-refractivity contribution in [1.29, 1.82) is 0 Å². The molecule has 1 aliphatic rings. The second-order valence-corrected chi connectivity index (χ2v) is 5.18. The molecule has 0 spiro atoms. The van der Waals surface area contributed by atoms with E-state index in [0.29, 0.717) is 18.7 Å². The lowest BCUT2D eigenvalue weighted by atomic mass is 9.94. The van der Waals surface area contributed by atoms with Gasteiger partial charge >= 0.3 is 0 Å². The number of hydrogen-bond acceptors (Lipinski definition) is 2. The van der Waals surface area contributed by atoms with Crippen LogP contribution in [0.2, 0.25) is 0 Å². The van der Waals surface area contributed by atoms with Gasteiger partial charge in [0.2, 0.25) is 0 Å². The lowest BCUT2D eigenvalue weighted by Gasteiger charge is -2.31. The molecule has 0 amide bonds. The minimum absolute atomic E-state index is 0.196. The molecule has 3 heteroatoms. The predicted molar refractivity (Wildman–Crippen MR) is 70.7 cm³/mol. The minimum Gasteiger partial charge on any atom is -0.369 e. The van der Waals surface area contributed by atoms with E-state index >= 15 is 0 Å². The Morgan fingerprint density at radius 2 is 1.78 bits per heavy atom. The van der Waals surface area contributed by atoms with Crippen molar-refractivity contribution in [2.75, 3.05) is 6.54 Å². The smallest absolute Gasteiger partial charge is 0.128 e. The van der Waals surface area contributed by atoms with E-state index in [1.807, 2.05) is 6.07 Å². The van der Waals surface area contributed by atoms with Crippen LogP contribution >= 0.6 is 0 Å². The van der Waals surface area contributed by atoms with E-state index in [1.54, 1.807) is 12.1 Å². The molecule has 1 aromatic carbocycles. The largest absolute Gasteiger partial charge is 0.369 e. The number of rotatable bonds is 4. The van der Waals surface area contributed by atoms with Gasteiger partial charge in [0, 0.05) is 12.1 Å². The number of ether oxygens (including phenoxy) is 1. The van der Waals surface area contributed by atoms with E-state index in [2.05, 4.69) is 0 Å². The van der Waals surface area contributed by atoms with Crippen LogP contribution in [0.4, 0.5) is 4.39 Å². The fourth-order valence-corrected chi connectivity index (χ4v) is 2.63. The summed E-state index contributed by atoms with van der Waals surface area (Å²) >= 11 is 0. The maximum absolute atomic E-state index is 13.5. The van der Waals surface area contributed by atoms with E-state index in [1.165, 1.54) is 18.9 Å². The highest BCUT2D eigenvalue weighted by molar-refractivity contribution is 5.16. The first kappa shape index (κ1) is 13.5. The van der Waals surface area contributed by atoms with E-state index in [-0.39, 0.29) is 11.4 Å². The first-order valence-electron chi connectivity index (χ1n) is 6.83. The molecule has 2 N–H and O–H groups in total. The molecular weight excluding hydrogens is 229 g/mol. The summed E-state index contributed by atoms with van der Waals surface area (Å²) in [6.45, 7) is 0.853. The molecule has 0 unspecified atom stereocenters. The molecule has 2 rings (SSSR count). The third kappa shape index (κ3) is 3.30. The lowest BCUT2D eigenvalue weighted by molar-refractivity contribution is -0.0610. The van der Waals surface area contributed by atoms with Crippen LogP contribution in [-0.4, -0.2) is 12.1 Å². The van der Waals surface area contributed by atoms with Gasteiger partial charge < -0.3 is 10.5 Å². The Morgan fingerprint density at radius 1 is 1.11 bits per heavy atom. The van der Waals surface area contributed by atoms with Crippen LogP contribution in [0.1, 0.15) is 44.1 Å². The van der Waals surface area contributed by atoms with Gasteiger partial charge in [-0.05, 0) is 18.9 Å². The van der Waals surface area contributed by atoms with Gasteiger partial charge in [-0.3, -0.25) is 0 Å². The molecule has 18 heavy (non-hydrogen) atoms. The lowest BCUT2D eigenvalue weighted by Crippen LogP contribution is -2.40. The standard InChI is InChI=1S/C15H22FNO/c16-14-8-4-3-7-13(14)11-18-15(12-17)9-5-1-2-6-10-15/h3-4,7-8H,1-2,5-6,9-12,17H2. The van der Waals surface area contributed by atoms with Gasteiger partial charge in [0.25, 0.3) is 0 Å². The summed E-state index contributed by atoms with van der Waals surface area (Å²) in [4.78, 5) is 0. The molecule has 0 atom stereocenters. The molecule has 0 heterocycles. The molecule has 100 valence electrons. The van der Waals surface area contributed by atoms with Crippen LogP contribution in [0, 0.1) is 5.82 Å². The van der Waals surface area contributed by atoms with Gasteiger partial charge in [-0.25, -0.2) is 4.39 Å². The maximum atomic E-state index is 13.5. The Labute approximate surface area is 108 Å². The number of hydrogen-bond donors (Lipinski definition) is 1. The summed E-state index contributed by atoms with van der Waals surface area (Å²) in [5.74, 6) is -0.196. The Hall–Kier alpha value is -0.930. The molecule has 1 saturated carbocycles. The molecule has 0 radical (unpaired) electrons. The first-order valence-corrected chi connectivity index (χ1v) is 6.83. The number of halogens is 1. The second kappa shape index (κ2) is 6.30. The fraction of sp³-hybridized carbons (Fsp3) is 0.600. The second-order valence-electron chi connectivity index (χ2n) is 5.18. The number of nitrogens with two attached hydrogens (primary N) is 1. The Balaban J connectivity index is 2.00. The molecular formula is C15H22FNO. The summed E-state index contributed by atoms with van der Waals surface area (Å²) in [6, 6.07) is 6.78. The van der Waals surface area contributed by atoms with E-state index in [0.717, 1.165) is 25.7 Å². The quantitative estimate of drug-likeness (QED) is 0.832. The zero-order valence-corrected chi connectivity index (χ0v) is 10.8. The molecule has 0 aromatic heterocycles. The number of benzene rings is 1. The molecule has 1 fully saturated rings. The summed E-state index contributed by atoms with van der Waals surface area (Å²) in [5.41, 5.74) is 6.27. The minimum atomic E-state index is -0.237. The van der Waals surface area contributed by atoms with Crippen molar-refractivity contribution in [3.05, 3.63) is 35.6 Å². The van der Waals surface area contributed by atoms with Gasteiger partial charge in [-0.1, -0.05) is 43.9 Å². The topological polar surface area (TPSA) is 35.2 Å². The van der Waals surface area contributed by atoms with Crippen LogP contribution < -0.4 is 5.73 Å². The normalized spacial score (nSPS) is 19.4. The molecule has 0 aliphatic heterocycles. The van der Waals surface area contributed by atoms with Crippen LogP contribution in [-0.2, 0) is 11.3 Å². The first-order chi connectivity index (χ1) is 8.76. The van der Waals surface area contributed by atoms with Gasteiger partial charge in [0.15, 0.2) is 0 Å². The highest BCUT2D eigenvalue weighted by Gasteiger charge is 2.30. The summed E-state index contributed by atoms with van der Waals surface area (Å²) < 4.78 is 19.5. The zero-order chi connectivity index (χ0) is 12.8. The summed E-state index contributed by atoms with van der Waals surface area (Å²) in [7, 11) is 0. The molecule has 1 aliphatic carbocycles. The molecule has 1 aromatic rings. The SMILES string of the molecule is NCC1(OCc2ccccc2F)CCCCCC1. The van der Waals surface area contributed by atoms with Gasteiger partial charge in [-0.2, -0.15) is 0 Å². The van der Waals surface area contributed by atoms with Crippen LogP contribution in [0.25, 0.3) is 0 Å². The fourth-order valence-electron chi connectivity index (χ4n) is 2.63. The predicted octanol–water partition coefficient (Wildman–Crippen LogP) is 3.39. The average Bonchev–Trinajstić information content (AvgIpc) is 2.64. The van der Waals surface area contributed by atoms with Gasteiger partial charge in [0.1, 0.15) is 5.82 Å². The highest BCUT2D eigenvalue weighted by atomic mass is 19.1. The Morgan fingerprint density at radius 3 is 2.39 bits per heavy atom. The van der Waals surface area contributed by atoms with E-state index in [4.69, 9.17) is 10.5 Å². The highest BCUT2D eigenvalue weighted by Crippen LogP contribution is 2.30. The van der Waals surface area contributed by atoms with Crippen LogP contribution in [0.15, 0.2) is 24.3 Å². The van der Waals surface area contributed by atoms with Gasteiger partial charge in [-0.15, -0.1) is 0 Å². The van der Waals surface area contributed by atoms with Crippen molar-refractivity contribution in [2.45, 2.75) is 50.7 Å². The van der Waals surface area contributed by atoms with Crippen LogP contribution in [0.5, 0.6) is 0 Å². The van der Waals surface area contributed by atoms with Crippen molar-refractivity contribution in [2.24, 2.45) is 5.73 Å². The molecule has 0 bridgehead atoms. The van der Waals surface area contributed by atoms with Gasteiger partial charge in [0.05, 0.1) is 12.2 Å². The third-order valence-corrected chi connectivity index (χ3v) is 3.88. The van der Waals surface area contributed by atoms with Crippen molar-refractivity contribution in [3.63, 3.8) is 0 Å². The average molecular weight is 251 g/mol. The Kier molecular flexibility index (Phi) is 4.72. The van der Waals surface area contributed by atoms with Crippen molar-refractivity contribution < 1.29 is 9.13 Å². The maximum Gasteiger partial charge on any atom is 0.128 e. The summed E-state index contributed by atoms with van der Waals surface area (Å²) in [5, 5.41) is 0. The van der Waals surface area contributed by atoms with Crippen molar-refractivity contribution in [3.8, 4) is 0 Å². The summed E-state index contributed by atoms with van der Waals surface area (Å²) in [6.07, 6.45) is 6.83. The monoisotopic (exact) mass is 251 g/mol. The molecule has 0 saturated heterocycles. The van der Waals surface area contributed by atoms with Crippen molar-refractivity contribution >= 4 is 0 Å². The molecule has 2 nitrogen and oxygen atoms in total. The Bertz CT molecular complexity index is 373. The zero-order valence-electron chi connectivity index (χ0n) is 10.8.